The summed E-state index contributed by atoms with van der Waals surface area (Å²) in [6.07, 6.45) is 8.03. The molecule has 1 aliphatic carbocycles. The maximum atomic E-state index is 12.4. The zero-order valence-corrected chi connectivity index (χ0v) is 15.6. The molecule has 0 aromatic carbocycles. The molecule has 128 valence electrons. The highest BCUT2D eigenvalue weighted by atomic mass is 32.2. The first-order chi connectivity index (χ1) is 10.7. The van der Waals surface area contributed by atoms with Crippen LogP contribution in [0.4, 0.5) is 4.79 Å². The molecule has 7 heteroatoms. The maximum absolute atomic E-state index is 12.4. The molecule has 0 heterocycles. The number of urea groups is 1. The van der Waals surface area contributed by atoms with Crippen molar-refractivity contribution >= 4 is 35.9 Å². The molecule has 1 rings (SSSR count). The lowest BCUT2D eigenvalue weighted by Crippen LogP contribution is -2.40. The monoisotopic (exact) mass is 347 g/mol. The van der Waals surface area contributed by atoms with E-state index < -0.39 is 0 Å². The fourth-order valence-electron chi connectivity index (χ4n) is 2.12. The van der Waals surface area contributed by atoms with Crippen LogP contribution >= 0.6 is 23.9 Å². The molecule has 2 amide bonds. The van der Waals surface area contributed by atoms with E-state index in [1.54, 1.807) is 34.7 Å². The lowest BCUT2D eigenvalue weighted by Gasteiger charge is -2.25. The molecular formula is C15H29N3O2S2. The van der Waals surface area contributed by atoms with Gasteiger partial charge in [-0.25, -0.2) is 13.5 Å². The van der Waals surface area contributed by atoms with Crippen LogP contribution in [0.15, 0.2) is 4.99 Å². The molecule has 0 aliphatic heterocycles. The smallest absolute Gasteiger partial charge is 0.345 e. The number of carbonyl (C=O) groups is 1. The van der Waals surface area contributed by atoms with E-state index in [4.69, 9.17) is 4.74 Å². The summed E-state index contributed by atoms with van der Waals surface area (Å²) in [5.41, 5.74) is 0. The zero-order valence-electron chi connectivity index (χ0n) is 14.0. The highest BCUT2D eigenvalue weighted by molar-refractivity contribution is 8.12. The predicted octanol–water partition coefficient (Wildman–Crippen LogP) is 4.45. The summed E-state index contributed by atoms with van der Waals surface area (Å²) in [5.74, 6) is 1.85. The highest BCUT2D eigenvalue weighted by Gasteiger charge is 2.20. The minimum absolute atomic E-state index is 0.159. The minimum atomic E-state index is -0.159. The standard InChI is InChI=1S/C15H29N3O2S2/c1-4-11-21-18(22-12-5-2)15(19)17-14(16-3)20-13-9-7-6-8-10-13/h13H,4-12H2,1-3H3,(H,16,17,19). The third kappa shape index (κ3) is 7.63. The molecule has 0 saturated heterocycles. The molecule has 5 nitrogen and oxygen atoms in total. The molecule has 1 fully saturated rings. The van der Waals surface area contributed by atoms with Crippen LogP contribution in [0.5, 0.6) is 0 Å². The van der Waals surface area contributed by atoms with Crippen molar-refractivity contribution < 1.29 is 9.53 Å². The van der Waals surface area contributed by atoms with Gasteiger partial charge in [0.1, 0.15) is 6.10 Å². The number of ether oxygens (including phenoxy) is 1. The Bertz CT molecular complexity index is 340. The van der Waals surface area contributed by atoms with E-state index in [1.165, 1.54) is 19.3 Å². The second-order valence-corrected chi connectivity index (χ2v) is 7.55. The number of amides is 2. The van der Waals surface area contributed by atoms with Gasteiger partial charge in [-0.15, -0.1) is 0 Å². The molecule has 0 aromatic rings. The average molecular weight is 348 g/mol. The van der Waals surface area contributed by atoms with Crippen molar-refractivity contribution in [1.29, 1.82) is 0 Å². The SMILES string of the molecule is CCCSN(SCCC)C(=O)NC(=NC)OC1CCCCC1. The molecule has 0 bridgehead atoms. The molecule has 1 saturated carbocycles. The van der Waals surface area contributed by atoms with Gasteiger partial charge in [0, 0.05) is 18.6 Å². The lowest BCUT2D eigenvalue weighted by molar-refractivity contribution is 0.135. The van der Waals surface area contributed by atoms with Gasteiger partial charge in [-0.1, -0.05) is 20.3 Å². The van der Waals surface area contributed by atoms with Gasteiger partial charge < -0.3 is 4.74 Å². The fraction of sp³-hybridized carbons (Fsp3) is 0.867. The van der Waals surface area contributed by atoms with E-state index in [1.807, 2.05) is 0 Å². The normalized spacial score (nSPS) is 16.4. The van der Waals surface area contributed by atoms with Crippen molar-refractivity contribution in [3.63, 3.8) is 0 Å². The summed E-state index contributed by atoms with van der Waals surface area (Å²) in [7, 11) is 1.65. The second-order valence-electron chi connectivity index (χ2n) is 5.26. The summed E-state index contributed by atoms with van der Waals surface area (Å²) in [4.78, 5) is 16.5. The van der Waals surface area contributed by atoms with Crippen LogP contribution in [0.3, 0.4) is 0 Å². The zero-order chi connectivity index (χ0) is 16.2. The number of nitrogens with one attached hydrogen (secondary N) is 1. The maximum Gasteiger partial charge on any atom is 0.345 e. The number of amidine groups is 1. The van der Waals surface area contributed by atoms with Crippen LogP contribution in [0.25, 0.3) is 0 Å². The van der Waals surface area contributed by atoms with Crippen LogP contribution in [-0.2, 0) is 4.74 Å². The van der Waals surface area contributed by atoms with E-state index in [9.17, 15) is 4.79 Å². The van der Waals surface area contributed by atoms with Gasteiger partial charge in [-0.05, 0) is 62.4 Å². The lowest BCUT2D eigenvalue weighted by atomic mass is 9.98. The Morgan fingerprint density at radius 2 is 1.77 bits per heavy atom. The van der Waals surface area contributed by atoms with Crippen LogP contribution < -0.4 is 5.32 Å². The van der Waals surface area contributed by atoms with E-state index in [2.05, 4.69) is 24.2 Å². The number of hydrogen-bond donors (Lipinski definition) is 1. The van der Waals surface area contributed by atoms with Crippen molar-refractivity contribution in [2.75, 3.05) is 18.6 Å². The number of hydrogen-bond acceptors (Lipinski definition) is 5. The molecule has 0 unspecified atom stereocenters. The fourth-order valence-corrected chi connectivity index (χ4v) is 3.89. The summed E-state index contributed by atoms with van der Waals surface area (Å²) >= 11 is 3.08. The average Bonchev–Trinajstić information content (AvgIpc) is 2.55. The van der Waals surface area contributed by atoms with Crippen molar-refractivity contribution in [3.05, 3.63) is 0 Å². The quantitative estimate of drug-likeness (QED) is 0.420. The van der Waals surface area contributed by atoms with E-state index in [0.717, 1.165) is 37.2 Å². The van der Waals surface area contributed by atoms with Crippen molar-refractivity contribution in [2.45, 2.75) is 64.9 Å². The molecule has 22 heavy (non-hydrogen) atoms. The summed E-state index contributed by atoms with van der Waals surface area (Å²) in [5, 5.41) is 2.80. The Hall–Kier alpha value is -0.560. The molecule has 0 aromatic heterocycles. The highest BCUT2D eigenvalue weighted by Crippen LogP contribution is 2.24. The van der Waals surface area contributed by atoms with Crippen molar-refractivity contribution in [1.82, 2.24) is 9.03 Å². The molecule has 0 radical (unpaired) electrons. The Kier molecular flexibility index (Phi) is 10.6. The van der Waals surface area contributed by atoms with Gasteiger partial charge in [0.15, 0.2) is 0 Å². The first kappa shape index (κ1) is 19.5. The van der Waals surface area contributed by atoms with Crippen LogP contribution in [0.1, 0.15) is 58.8 Å². The summed E-state index contributed by atoms with van der Waals surface area (Å²) in [6.45, 7) is 4.22. The number of nitrogens with zero attached hydrogens (tertiary/aromatic N) is 2. The summed E-state index contributed by atoms with van der Waals surface area (Å²) < 4.78 is 7.55. The Balaban J connectivity index is 2.48. The van der Waals surface area contributed by atoms with Gasteiger partial charge in [-0.3, -0.25) is 5.32 Å². The number of carbonyl (C=O) groups excluding carboxylic acids is 1. The van der Waals surface area contributed by atoms with Crippen LogP contribution in [-0.4, -0.2) is 40.4 Å². The number of rotatable bonds is 7. The van der Waals surface area contributed by atoms with Gasteiger partial charge in [0.05, 0.1) is 0 Å². The van der Waals surface area contributed by atoms with Crippen LogP contribution in [0.2, 0.25) is 0 Å². The largest absolute Gasteiger partial charge is 0.462 e. The topological polar surface area (TPSA) is 53.9 Å². The second kappa shape index (κ2) is 11.9. The van der Waals surface area contributed by atoms with Crippen molar-refractivity contribution in [3.8, 4) is 0 Å². The summed E-state index contributed by atoms with van der Waals surface area (Å²) in [6, 6.07) is 0.185. The minimum Gasteiger partial charge on any atom is -0.462 e. The first-order valence-corrected chi connectivity index (χ1v) is 10.1. The van der Waals surface area contributed by atoms with Crippen molar-refractivity contribution in [2.24, 2.45) is 4.99 Å². The number of aliphatic imine (C=N–C) groups is 1. The van der Waals surface area contributed by atoms with Gasteiger partial charge in [0.2, 0.25) is 0 Å². The Morgan fingerprint density at radius 1 is 1.18 bits per heavy atom. The Labute approximate surface area is 143 Å². The van der Waals surface area contributed by atoms with E-state index >= 15 is 0 Å². The molecule has 1 aliphatic rings. The van der Waals surface area contributed by atoms with Gasteiger partial charge in [0.25, 0.3) is 6.02 Å². The van der Waals surface area contributed by atoms with E-state index in [-0.39, 0.29) is 12.1 Å². The first-order valence-electron chi connectivity index (χ1n) is 8.21. The van der Waals surface area contributed by atoms with Gasteiger partial charge >= 0.3 is 6.03 Å². The third-order valence-electron chi connectivity index (χ3n) is 3.24. The molecular weight excluding hydrogens is 318 g/mol. The molecule has 0 spiro atoms. The predicted molar refractivity (Wildman–Crippen MR) is 97.2 cm³/mol. The molecule has 1 N–H and O–H groups in total. The van der Waals surface area contributed by atoms with Gasteiger partial charge in [-0.2, -0.15) is 0 Å². The van der Waals surface area contributed by atoms with E-state index in [0.29, 0.717) is 6.02 Å². The Morgan fingerprint density at radius 3 is 2.27 bits per heavy atom. The third-order valence-corrected chi connectivity index (χ3v) is 5.85. The van der Waals surface area contributed by atoms with Crippen LogP contribution in [0, 0.1) is 0 Å². The molecule has 0 atom stereocenters.